The maximum atomic E-state index is 9.33. The smallest absolute Gasteiger partial charge is 0.160 e. The lowest BCUT2D eigenvalue weighted by Gasteiger charge is -2.12. The van der Waals surface area contributed by atoms with E-state index in [1.165, 1.54) is 13.2 Å². The Morgan fingerprint density at radius 3 is 2.79 bits per heavy atom. The van der Waals surface area contributed by atoms with Crippen LogP contribution in [0.3, 0.4) is 0 Å². The molecular weight excluding hydrogens is 182 g/mol. The van der Waals surface area contributed by atoms with E-state index in [2.05, 4.69) is 0 Å². The topological polar surface area (TPSA) is 75.7 Å². The molecule has 0 spiro atoms. The second-order valence-electron chi connectivity index (χ2n) is 3.05. The predicted octanol–water partition coefficient (Wildman–Crippen LogP) is 0.783. The zero-order chi connectivity index (χ0) is 10.6. The number of aliphatic hydroxyl groups excluding tert-OH is 1. The highest BCUT2D eigenvalue weighted by atomic mass is 16.5. The zero-order valence-corrected chi connectivity index (χ0v) is 8.10. The fourth-order valence-electron chi connectivity index (χ4n) is 1.23. The summed E-state index contributed by atoms with van der Waals surface area (Å²) in [4.78, 5) is 0. The van der Waals surface area contributed by atoms with E-state index < -0.39 is 0 Å². The molecule has 0 amide bonds. The van der Waals surface area contributed by atoms with Crippen LogP contribution in [-0.4, -0.2) is 23.9 Å². The van der Waals surface area contributed by atoms with Crippen LogP contribution in [0.1, 0.15) is 18.0 Å². The van der Waals surface area contributed by atoms with Crippen LogP contribution in [0.4, 0.5) is 0 Å². The molecule has 0 aliphatic heterocycles. The third-order valence-electron chi connectivity index (χ3n) is 2.07. The maximum absolute atomic E-state index is 9.33. The minimum absolute atomic E-state index is 0.0460. The molecule has 0 aliphatic carbocycles. The average Bonchev–Trinajstić information content (AvgIpc) is 2.19. The van der Waals surface area contributed by atoms with Crippen molar-refractivity contribution in [2.24, 2.45) is 5.73 Å². The van der Waals surface area contributed by atoms with E-state index in [0.29, 0.717) is 12.2 Å². The first kappa shape index (κ1) is 10.8. The number of aromatic hydroxyl groups is 1. The van der Waals surface area contributed by atoms with Gasteiger partial charge in [0.2, 0.25) is 0 Å². The van der Waals surface area contributed by atoms with Gasteiger partial charge in [0.25, 0.3) is 0 Å². The first-order chi connectivity index (χ1) is 6.69. The minimum Gasteiger partial charge on any atom is -0.504 e. The summed E-state index contributed by atoms with van der Waals surface area (Å²) in [6, 6.07) is 4.70. The Morgan fingerprint density at radius 2 is 2.21 bits per heavy atom. The number of nitrogens with two attached hydrogens (primary N) is 1. The van der Waals surface area contributed by atoms with Gasteiger partial charge in [-0.25, -0.2) is 0 Å². The maximum Gasteiger partial charge on any atom is 0.160 e. The lowest BCUT2D eigenvalue weighted by Crippen LogP contribution is -2.11. The van der Waals surface area contributed by atoms with Crippen LogP contribution >= 0.6 is 0 Å². The molecular formula is C10H15NO3. The Kier molecular flexibility index (Phi) is 3.73. The molecule has 0 saturated heterocycles. The Labute approximate surface area is 82.9 Å². The number of aliphatic hydroxyl groups is 1. The van der Waals surface area contributed by atoms with Crippen molar-refractivity contribution in [1.82, 2.24) is 0 Å². The van der Waals surface area contributed by atoms with Crippen LogP contribution in [-0.2, 0) is 0 Å². The van der Waals surface area contributed by atoms with Gasteiger partial charge in [0, 0.05) is 12.6 Å². The summed E-state index contributed by atoms with van der Waals surface area (Å²) in [7, 11) is 1.48. The average molecular weight is 197 g/mol. The van der Waals surface area contributed by atoms with Gasteiger partial charge in [-0.2, -0.15) is 0 Å². The van der Waals surface area contributed by atoms with Gasteiger partial charge < -0.3 is 20.7 Å². The summed E-state index contributed by atoms with van der Waals surface area (Å²) < 4.78 is 4.95. The standard InChI is InChI=1S/C10H15NO3/c1-14-10-6-7(2-3-9(10)13)8(11)4-5-12/h2-3,6,8,12-13H,4-5,11H2,1H3. The van der Waals surface area contributed by atoms with Crippen LogP contribution in [0.5, 0.6) is 11.5 Å². The van der Waals surface area contributed by atoms with Crippen molar-refractivity contribution in [2.75, 3.05) is 13.7 Å². The number of phenolic OH excluding ortho intramolecular Hbond substituents is 1. The van der Waals surface area contributed by atoms with E-state index in [-0.39, 0.29) is 18.4 Å². The molecule has 4 heteroatoms. The van der Waals surface area contributed by atoms with Gasteiger partial charge >= 0.3 is 0 Å². The molecule has 0 aliphatic rings. The van der Waals surface area contributed by atoms with Crippen molar-refractivity contribution in [3.63, 3.8) is 0 Å². The number of benzene rings is 1. The molecule has 78 valence electrons. The molecule has 1 atom stereocenters. The molecule has 0 aromatic heterocycles. The van der Waals surface area contributed by atoms with Gasteiger partial charge in [0.15, 0.2) is 11.5 Å². The van der Waals surface area contributed by atoms with Gasteiger partial charge in [0.05, 0.1) is 7.11 Å². The lowest BCUT2D eigenvalue weighted by molar-refractivity contribution is 0.276. The van der Waals surface area contributed by atoms with Crippen LogP contribution in [0, 0.1) is 0 Å². The summed E-state index contributed by atoms with van der Waals surface area (Å²) in [5.41, 5.74) is 6.62. The summed E-state index contributed by atoms with van der Waals surface area (Å²) >= 11 is 0. The van der Waals surface area contributed by atoms with Crippen molar-refractivity contribution >= 4 is 0 Å². The first-order valence-corrected chi connectivity index (χ1v) is 4.42. The monoisotopic (exact) mass is 197 g/mol. The molecule has 0 fully saturated rings. The molecule has 4 N–H and O–H groups in total. The van der Waals surface area contributed by atoms with E-state index in [1.54, 1.807) is 12.1 Å². The Morgan fingerprint density at radius 1 is 1.50 bits per heavy atom. The van der Waals surface area contributed by atoms with Crippen molar-refractivity contribution < 1.29 is 14.9 Å². The lowest BCUT2D eigenvalue weighted by atomic mass is 10.0. The highest BCUT2D eigenvalue weighted by Gasteiger charge is 2.08. The Balaban J connectivity index is 2.88. The molecule has 0 saturated carbocycles. The third-order valence-corrected chi connectivity index (χ3v) is 2.07. The molecule has 0 bridgehead atoms. The van der Waals surface area contributed by atoms with Crippen molar-refractivity contribution in [3.05, 3.63) is 23.8 Å². The summed E-state index contributed by atoms with van der Waals surface area (Å²) in [6.07, 6.45) is 0.494. The number of hydrogen-bond acceptors (Lipinski definition) is 4. The van der Waals surface area contributed by atoms with E-state index in [9.17, 15) is 5.11 Å². The summed E-state index contributed by atoms with van der Waals surface area (Å²) in [5, 5.41) is 18.0. The van der Waals surface area contributed by atoms with Crippen molar-refractivity contribution in [1.29, 1.82) is 0 Å². The molecule has 1 aromatic carbocycles. The highest BCUT2D eigenvalue weighted by Crippen LogP contribution is 2.28. The van der Waals surface area contributed by atoms with Crippen LogP contribution < -0.4 is 10.5 Å². The second kappa shape index (κ2) is 4.83. The quantitative estimate of drug-likeness (QED) is 0.666. The number of ether oxygens (including phenoxy) is 1. The SMILES string of the molecule is COc1cc(C(N)CCO)ccc1O. The van der Waals surface area contributed by atoms with Gasteiger partial charge in [-0.05, 0) is 24.1 Å². The Hall–Kier alpha value is -1.26. The van der Waals surface area contributed by atoms with Crippen LogP contribution in [0.25, 0.3) is 0 Å². The molecule has 1 aromatic rings. The molecule has 0 heterocycles. The van der Waals surface area contributed by atoms with Gasteiger partial charge in [-0.3, -0.25) is 0 Å². The number of hydrogen-bond donors (Lipinski definition) is 3. The first-order valence-electron chi connectivity index (χ1n) is 4.42. The van der Waals surface area contributed by atoms with Gasteiger partial charge in [0.1, 0.15) is 0 Å². The number of methoxy groups -OCH3 is 1. The van der Waals surface area contributed by atoms with Crippen molar-refractivity contribution in [2.45, 2.75) is 12.5 Å². The highest BCUT2D eigenvalue weighted by molar-refractivity contribution is 5.42. The third kappa shape index (κ3) is 2.37. The zero-order valence-electron chi connectivity index (χ0n) is 8.10. The van der Waals surface area contributed by atoms with E-state index in [0.717, 1.165) is 5.56 Å². The summed E-state index contributed by atoms with van der Waals surface area (Å²) in [6.45, 7) is 0.0460. The van der Waals surface area contributed by atoms with Crippen LogP contribution in [0.15, 0.2) is 18.2 Å². The van der Waals surface area contributed by atoms with Gasteiger partial charge in [-0.1, -0.05) is 6.07 Å². The van der Waals surface area contributed by atoms with Crippen molar-refractivity contribution in [3.8, 4) is 11.5 Å². The molecule has 1 unspecified atom stereocenters. The molecule has 4 nitrogen and oxygen atoms in total. The fraction of sp³-hybridized carbons (Fsp3) is 0.400. The van der Waals surface area contributed by atoms with Crippen LogP contribution in [0.2, 0.25) is 0 Å². The molecule has 0 radical (unpaired) electrons. The molecule has 14 heavy (non-hydrogen) atoms. The molecule has 1 rings (SSSR count). The largest absolute Gasteiger partial charge is 0.504 e. The van der Waals surface area contributed by atoms with E-state index in [4.69, 9.17) is 15.6 Å². The normalized spacial score (nSPS) is 12.5. The number of rotatable bonds is 4. The predicted molar refractivity (Wildman–Crippen MR) is 53.3 cm³/mol. The minimum atomic E-state index is -0.227. The number of phenols is 1. The fourth-order valence-corrected chi connectivity index (χ4v) is 1.23. The summed E-state index contributed by atoms with van der Waals surface area (Å²) in [5.74, 6) is 0.489. The van der Waals surface area contributed by atoms with Gasteiger partial charge in [-0.15, -0.1) is 0 Å². The van der Waals surface area contributed by atoms with E-state index in [1.807, 2.05) is 0 Å². The van der Waals surface area contributed by atoms with E-state index >= 15 is 0 Å². The Bertz CT molecular complexity index is 301. The second-order valence-corrected chi connectivity index (χ2v) is 3.05.